The molecule has 2 aromatic rings. The van der Waals surface area contributed by atoms with Gasteiger partial charge in [0.1, 0.15) is 18.2 Å². The number of esters is 1. The van der Waals surface area contributed by atoms with Crippen LogP contribution in [0.1, 0.15) is 47.4 Å². The van der Waals surface area contributed by atoms with Crippen LogP contribution < -0.4 is 10.1 Å². The van der Waals surface area contributed by atoms with Gasteiger partial charge < -0.3 is 14.8 Å². The Labute approximate surface area is 184 Å². The summed E-state index contributed by atoms with van der Waals surface area (Å²) in [6.07, 6.45) is 2.07. The van der Waals surface area contributed by atoms with E-state index in [0.29, 0.717) is 29.9 Å². The lowest BCUT2D eigenvalue weighted by molar-refractivity contribution is -0.136. The highest BCUT2D eigenvalue weighted by Gasteiger charge is 2.39. The van der Waals surface area contributed by atoms with Crippen LogP contribution in [0.3, 0.4) is 0 Å². The quantitative estimate of drug-likeness (QED) is 0.668. The minimum Gasteiger partial charge on any atom is -0.489 e. The number of nitrogens with one attached hydrogen (secondary N) is 1. The molecule has 31 heavy (non-hydrogen) atoms. The average molecular weight is 442 g/mol. The molecule has 1 N–H and O–H groups in total. The maximum absolute atomic E-state index is 13.1. The first kappa shape index (κ1) is 21.3. The number of rotatable bonds is 5. The Morgan fingerprint density at radius 1 is 1.23 bits per heavy atom. The van der Waals surface area contributed by atoms with Gasteiger partial charge >= 0.3 is 5.97 Å². The van der Waals surface area contributed by atoms with Crippen LogP contribution in [0.5, 0.6) is 5.75 Å². The highest BCUT2D eigenvalue weighted by Crippen LogP contribution is 2.45. The van der Waals surface area contributed by atoms with E-state index in [2.05, 4.69) is 5.32 Å². The molecule has 0 amide bonds. The average Bonchev–Trinajstić information content (AvgIpc) is 3.12. The largest absolute Gasteiger partial charge is 0.489 e. The summed E-state index contributed by atoms with van der Waals surface area (Å²) in [5.74, 6) is -0.544. The van der Waals surface area contributed by atoms with Gasteiger partial charge in [-0.1, -0.05) is 0 Å². The van der Waals surface area contributed by atoms with E-state index in [-0.39, 0.29) is 11.6 Å². The number of benzene rings is 1. The monoisotopic (exact) mass is 441 g/mol. The van der Waals surface area contributed by atoms with E-state index < -0.39 is 11.9 Å². The van der Waals surface area contributed by atoms with Crippen molar-refractivity contribution in [2.75, 3.05) is 7.11 Å². The minimum atomic E-state index is -0.445. The van der Waals surface area contributed by atoms with Gasteiger partial charge in [-0.15, -0.1) is 11.3 Å². The number of Topliss-reactive ketones (excluding diaryl/α,β-unsaturated/α-hetero) is 1. The number of allylic oxidation sites excluding steroid dienone is 3. The van der Waals surface area contributed by atoms with Gasteiger partial charge in [0.2, 0.25) is 0 Å². The van der Waals surface area contributed by atoms with Gasteiger partial charge in [0, 0.05) is 38.7 Å². The second-order valence-corrected chi connectivity index (χ2v) is 9.02. The van der Waals surface area contributed by atoms with Crippen molar-refractivity contribution in [2.24, 2.45) is 0 Å². The summed E-state index contributed by atoms with van der Waals surface area (Å²) < 4.78 is 24.0. The zero-order valence-corrected chi connectivity index (χ0v) is 18.5. The Morgan fingerprint density at radius 3 is 2.68 bits per heavy atom. The lowest BCUT2D eigenvalue weighted by Crippen LogP contribution is -2.33. The molecular weight excluding hydrogens is 417 g/mol. The molecule has 0 saturated heterocycles. The van der Waals surface area contributed by atoms with Crippen molar-refractivity contribution < 1.29 is 23.5 Å². The number of carbonyl (C=O) groups is 2. The first-order chi connectivity index (χ1) is 14.9. The zero-order chi connectivity index (χ0) is 22.1. The molecule has 0 fully saturated rings. The summed E-state index contributed by atoms with van der Waals surface area (Å²) in [6, 6.07) is 7.89. The van der Waals surface area contributed by atoms with Gasteiger partial charge in [-0.2, -0.15) is 0 Å². The molecule has 162 valence electrons. The molecule has 1 aromatic heterocycles. The van der Waals surface area contributed by atoms with Gasteiger partial charge in [0.15, 0.2) is 5.78 Å². The van der Waals surface area contributed by atoms with Crippen molar-refractivity contribution in [2.45, 2.75) is 45.6 Å². The Balaban J connectivity index is 1.69. The normalized spacial score (nSPS) is 18.6. The van der Waals surface area contributed by atoms with Crippen molar-refractivity contribution >= 4 is 23.1 Å². The summed E-state index contributed by atoms with van der Waals surface area (Å²) in [7, 11) is 1.36. The van der Waals surface area contributed by atoms with E-state index in [1.54, 1.807) is 23.5 Å². The van der Waals surface area contributed by atoms with Gasteiger partial charge in [-0.25, -0.2) is 9.18 Å². The molecule has 2 aliphatic rings. The molecule has 4 rings (SSSR count). The summed E-state index contributed by atoms with van der Waals surface area (Å²) in [5, 5.41) is 3.27. The van der Waals surface area contributed by atoms with Gasteiger partial charge in [0.25, 0.3) is 0 Å². The van der Waals surface area contributed by atoms with E-state index in [1.165, 1.54) is 19.2 Å². The van der Waals surface area contributed by atoms with Crippen molar-refractivity contribution in [3.63, 3.8) is 0 Å². The van der Waals surface area contributed by atoms with Crippen LogP contribution in [0.4, 0.5) is 4.39 Å². The summed E-state index contributed by atoms with van der Waals surface area (Å²) in [6.45, 7) is 4.15. The number of hydrogen-bond donors (Lipinski definition) is 1. The molecule has 1 aliphatic heterocycles. The molecule has 0 unspecified atom stereocenters. The molecule has 5 nitrogen and oxygen atoms in total. The fourth-order valence-corrected chi connectivity index (χ4v) is 5.33. The van der Waals surface area contributed by atoms with E-state index in [9.17, 15) is 14.0 Å². The second-order valence-electron chi connectivity index (χ2n) is 7.73. The molecule has 1 aromatic carbocycles. The fraction of sp³-hybridized carbons (Fsp3) is 0.333. The number of dihydropyridines is 1. The number of carbonyl (C=O) groups excluding carboxylic acids is 2. The first-order valence-corrected chi connectivity index (χ1v) is 11.0. The maximum atomic E-state index is 13.1. The van der Waals surface area contributed by atoms with Gasteiger partial charge in [-0.05, 0) is 57.0 Å². The highest BCUT2D eigenvalue weighted by atomic mass is 32.1. The van der Waals surface area contributed by atoms with Crippen LogP contribution in [-0.4, -0.2) is 18.9 Å². The molecule has 0 spiro atoms. The Bertz CT molecular complexity index is 1100. The topological polar surface area (TPSA) is 64.6 Å². The molecular formula is C24H24FNO4S. The van der Waals surface area contributed by atoms with Gasteiger partial charge in [-0.3, -0.25) is 4.79 Å². The Morgan fingerprint density at radius 2 is 1.97 bits per heavy atom. The van der Waals surface area contributed by atoms with E-state index in [1.807, 2.05) is 19.9 Å². The lowest BCUT2D eigenvalue weighted by Gasteiger charge is -2.33. The van der Waals surface area contributed by atoms with E-state index >= 15 is 0 Å². The standard InChI is InChI=1S/C24H24FNO4S/c1-13-21(24(28)29-3)23(22-18(26-13)5-4-6-19(22)27)20-11-15(14(2)31-20)12-30-17-9-7-16(25)8-10-17/h7-11,23,26H,4-6,12H2,1-3H3/t23-/m1/s1. The summed E-state index contributed by atoms with van der Waals surface area (Å²) in [5.41, 5.74) is 3.74. The van der Waals surface area contributed by atoms with Crippen molar-refractivity contribution in [3.05, 3.63) is 74.0 Å². The maximum Gasteiger partial charge on any atom is 0.336 e. The summed E-state index contributed by atoms with van der Waals surface area (Å²) in [4.78, 5) is 27.5. The van der Waals surface area contributed by atoms with Crippen LogP contribution in [0, 0.1) is 12.7 Å². The SMILES string of the molecule is COC(=O)C1=C(C)NC2=C(C(=O)CCC2)[C@@H]1c1cc(COc2ccc(F)cc2)c(C)s1. The molecule has 1 atom stereocenters. The van der Waals surface area contributed by atoms with Crippen LogP contribution >= 0.6 is 11.3 Å². The Kier molecular flexibility index (Phi) is 5.96. The van der Waals surface area contributed by atoms with Crippen LogP contribution in [0.15, 0.2) is 52.9 Å². The number of hydrogen-bond acceptors (Lipinski definition) is 6. The van der Waals surface area contributed by atoms with E-state index in [0.717, 1.165) is 39.6 Å². The molecule has 1 aliphatic carbocycles. The third kappa shape index (κ3) is 4.14. The summed E-state index contributed by atoms with van der Waals surface area (Å²) >= 11 is 1.55. The van der Waals surface area contributed by atoms with Crippen molar-refractivity contribution in [1.82, 2.24) is 5.32 Å². The predicted molar refractivity (Wildman–Crippen MR) is 116 cm³/mol. The number of thiophene rings is 1. The zero-order valence-electron chi connectivity index (χ0n) is 17.7. The molecule has 0 radical (unpaired) electrons. The van der Waals surface area contributed by atoms with Crippen LogP contribution in [0.25, 0.3) is 0 Å². The fourth-order valence-electron chi connectivity index (χ4n) is 4.17. The van der Waals surface area contributed by atoms with Crippen LogP contribution in [-0.2, 0) is 20.9 Å². The number of ketones is 1. The molecule has 2 heterocycles. The number of aryl methyl sites for hydroxylation is 1. The lowest BCUT2D eigenvalue weighted by atomic mass is 9.78. The van der Waals surface area contributed by atoms with Crippen molar-refractivity contribution in [1.29, 1.82) is 0 Å². The minimum absolute atomic E-state index is 0.0721. The first-order valence-electron chi connectivity index (χ1n) is 10.2. The molecule has 7 heteroatoms. The van der Waals surface area contributed by atoms with Crippen molar-refractivity contribution in [3.8, 4) is 5.75 Å². The van der Waals surface area contributed by atoms with Gasteiger partial charge in [0.05, 0.1) is 18.6 Å². The molecule has 0 saturated carbocycles. The van der Waals surface area contributed by atoms with E-state index in [4.69, 9.17) is 9.47 Å². The Hall–Kier alpha value is -2.93. The predicted octanol–water partition coefficient (Wildman–Crippen LogP) is 4.92. The number of ether oxygens (including phenoxy) is 2. The number of methoxy groups -OCH3 is 1. The highest BCUT2D eigenvalue weighted by molar-refractivity contribution is 7.12. The smallest absolute Gasteiger partial charge is 0.336 e. The third-order valence-electron chi connectivity index (χ3n) is 5.71. The third-order valence-corrected chi connectivity index (χ3v) is 6.87. The second kappa shape index (κ2) is 8.67. The molecule has 0 bridgehead atoms. The van der Waals surface area contributed by atoms with Crippen LogP contribution in [0.2, 0.25) is 0 Å². The number of halogens is 1.